The van der Waals surface area contributed by atoms with Crippen LogP contribution in [0.15, 0.2) is 6.20 Å². The fourth-order valence-electron chi connectivity index (χ4n) is 2.20. The van der Waals surface area contributed by atoms with E-state index in [0.717, 1.165) is 28.7 Å². The lowest BCUT2D eigenvalue weighted by Gasteiger charge is -2.28. The molecule has 2 unspecified atom stereocenters. The minimum atomic E-state index is 0.366. The number of hydrogen-bond acceptors (Lipinski definition) is 3. The van der Waals surface area contributed by atoms with Crippen molar-refractivity contribution in [1.29, 1.82) is 0 Å². The lowest BCUT2D eigenvalue weighted by molar-refractivity contribution is 0.0512. The molecule has 84 valence electrons. The smallest absolute Gasteiger partial charge is 0.135 e. The normalized spacial score (nSPS) is 26.8. The van der Waals surface area contributed by atoms with Crippen LogP contribution in [0.1, 0.15) is 31.7 Å². The average Bonchev–Trinajstić information content (AvgIpc) is 2.60. The number of anilines is 1. The maximum atomic E-state index is 5.97. The fraction of sp³-hybridized carbons (Fsp3) is 0.700. The Bertz CT molecular complexity index is 339. The molecule has 2 rings (SSSR count). The lowest BCUT2D eigenvalue weighted by Crippen LogP contribution is -2.25. The molecule has 0 spiro atoms. The molecule has 15 heavy (non-hydrogen) atoms. The molecule has 4 nitrogen and oxygen atoms in total. The van der Waals surface area contributed by atoms with Crippen molar-refractivity contribution in [1.82, 2.24) is 9.78 Å². The predicted octanol–water partition coefficient (Wildman–Crippen LogP) is 2.20. The van der Waals surface area contributed by atoms with Crippen LogP contribution < -0.4 is 5.73 Å². The highest BCUT2D eigenvalue weighted by Crippen LogP contribution is 2.32. The van der Waals surface area contributed by atoms with Crippen molar-refractivity contribution < 1.29 is 4.74 Å². The van der Waals surface area contributed by atoms with Crippen LogP contribution in [-0.4, -0.2) is 23.0 Å². The van der Waals surface area contributed by atoms with E-state index in [1.54, 1.807) is 7.11 Å². The molecule has 0 amide bonds. The van der Waals surface area contributed by atoms with Gasteiger partial charge in [-0.25, -0.2) is 4.68 Å². The quantitative estimate of drug-likeness (QED) is 0.850. The lowest BCUT2D eigenvalue weighted by atomic mass is 9.93. The number of methoxy groups -OCH3 is 1. The Morgan fingerprint density at radius 3 is 3.00 bits per heavy atom. The molecule has 5 heteroatoms. The minimum absolute atomic E-state index is 0.366. The van der Waals surface area contributed by atoms with E-state index in [-0.39, 0.29) is 0 Å². The fourth-order valence-corrected chi connectivity index (χ4v) is 2.57. The molecule has 1 aromatic heterocycles. The molecule has 1 aliphatic carbocycles. The first-order valence-corrected chi connectivity index (χ1v) is 6.31. The largest absolute Gasteiger partial charge is 0.383 e. The SMILES string of the molecule is COC1CCCC(n2ncc(I)c2N)C1. The summed E-state index contributed by atoms with van der Waals surface area (Å²) < 4.78 is 8.39. The first-order valence-electron chi connectivity index (χ1n) is 5.23. The van der Waals surface area contributed by atoms with Gasteiger partial charge in [0.05, 0.1) is 21.9 Å². The summed E-state index contributed by atoms with van der Waals surface area (Å²) in [6, 6.07) is 0.409. The summed E-state index contributed by atoms with van der Waals surface area (Å²) >= 11 is 2.22. The number of nitrogens with two attached hydrogens (primary N) is 1. The maximum Gasteiger partial charge on any atom is 0.135 e. The second kappa shape index (κ2) is 4.69. The number of hydrogen-bond donors (Lipinski definition) is 1. The molecule has 1 fully saturated rings. The average molecular weight is 321 g/mol. The molecule has 0 saturated heterocycles. The van der Waals surface area contributed by atoms with Crippen molar-refractivity contribution in [2.24, 2.45) is 0 Å². The Morgan fingerprint density at radius 2 is 2.40 bits per heavy atom. The van der Waals surface area contributed by atoms with Crippen molar-refractivity contribution in [3.05, 3.63) is 9.77 Å². The van der Waals surface area contributed by atoms with Crippen molar-refractivity contribution in [3.63, 3.8) is 0 Å². The van der Waals surface area contributed by atoms with Gasteiger partial charge in [-0.15, -0.1) is 0 Å². The molecule has 1 aromatic rings. The molecule has 1 saturated carbocycles. The molecule has 2 atom stereocenters. The van der Waals surface area contributed by atoms with Gasteiger partial charge in [-0.2, -0.15) is 5.10 Å². The van der Waals surface area contributed by atoms with E-state index in [9.17, 15) is 0 Å². The van der Waals surface area contributed by atoms with Gasteiger partial charge in [0, 0.05) is 7.11 Å². The summed E-state index contributed by atoms with van der Waals surface area (Å²) in [6.07, 6.45) is 6.72. The van der Waals surface area contributed by atoms with Gasteiger partial charge in [-0.1, -0.05) is 0 Å². The van der Waals surface area contributed by atoms with E-state index in [1.807, 2.05) is 10.9 Å². The minimum Gasteiger partial charge on any atom is -0.383 e. The second-order valence-corrected chi connectivity index (χ2v) is 5.16. The molecule has 0 radical (unpaired) electrons. The van der Waals surface area contributed by atoms with Crippen LogP contribution in [0.5, 0.6) is 0 Å². The monoisotopic (exact) mass is 321 g/mol. The molecule has 0 aliphatic heterocycles. The van der Waals surface area contributed by atoms with Crippen LogP contribution in [0, 0.1) is 3.57 Å². The summed E-state index contributed by atoms with van der Waals surface area (Å²) in [5, 5.41) is 4.34. The van der Waals surface area contributed by atoms with Crippen LogP contribution in [0.3, 0.4) is 0 Å². The summed E-state index contributed by atoms with van der Waals surface area (Å²) in [5.74, 6) is 0.789. The Balaban J connectivity index is 2.13. The van der Waals surface area contributed by atoms with Crippen molar-refractivity contribution in [3.8, 4) is 0 Å². The van der Waals surface area contributed by atoms with Crippen LogP contribution >= 0.6 is 22.6 Å². The van der Waals surface area contributed by atoms with Gasteiger partial charge < -0.3 is 10.5 Å². The Hall–Kier alpha value is -0.300. The van der Waals surface area contributed by atoms with Gasteiger partial charge >= 0.3 is 0 Å². The van der Waals surface area contributed by atoms with Gasteiger partial charge in [-0.3, -0.25) is 0 Å². The van der Waals surface area contributed by atoms with Gasteiger partial charge in [0.15, 0.2) is 0 Å². The highest BCUT2D eigenvalue weighted by atomic mass is 127. The van der Waals surface area contributed by atoms with E-state index in [1.165, 1.54) is 6.42 Å². The van der Waals surface area contributed by atoms with Gasteiger partial charge in [0.1, 0.15) is 5.82 Å². The number of aromatic nitrogens is 2. The third-order valence-electron chi connectivity index (χ3n) is 3.06. The van der Waals surface area contributed by atoms with E-state index in [4.69, 9.17) is 10.5 Å². The maximum absolute atomic E-state index is 5.97. The van der Waals surface area contributed by atoms with Crippen LogP contribution in [-0.2, 0) is 4.74 Å². The number of ether oxygens (including phenoxy) is 1. The summed E-state index contributed by atoms with van der Waals surface area (Å²) in [7, 11) is 1.78. The van der Waals surface area contributed by atoms with E-state index in [2.05, 4.69) is 27.7 Å². The van der Waals surface area contributed by atoms with E-state index < -0.39 is 0 Å². The van der Waals surface area contributed by atoms with E-state index >= 15 is 0 Å². The topological polar surface area (TPSA) is 53.1 Å². The molecular formula is C10H16IN3O. The third-order valence-corrected chi connectivity index (χ3v) is 3.90. The van der Waals surface area contributed by atoms with Crippen LogP contribution in [0.25, 0.3) is 0 Å². The first kappa shape index (κ1) is 11.2. The van der Waals surface area contributed by atoms with E-state index in [0.29, 0.717) is 12.1 Å². The van der Waals surface area contributed by atoms with Crippen molar-refractivity contribution >= 4 is 28.4 Å². The molecule has 0 aromatic carbocycles. The molecule has 0 bridgehead atoms. The zero-order valence-corrected chi connectivity index (χ0v) is 11.0. The number of halogens is 1. The summed E-state index contributed by atoms with van der Waals surface area (Å²) in [5.41, 5.74) is 5.97. The zero-order valence-electron chi connectivity index (χ0n) is 8.82. The number of rotatable bonds is 2. The summed E-state index contributed by atoms with van der Waals surface area (Å²) in [4.78, 5) is 0. The van der Waals surface area contributed by atoms with Crippen LogP contribution in [0.4, 0.5) is 5.82 Å². The highest BCUT2D eigenvalue weighted by Gasteiger charge is 2.25. The van der Waals surface area contributed by atoms with Crippen molar-refractivity contribution in [2.45, 2.75) is 37.8 Å². The second-order valence-electron chi connectivity index (χ2n) is 4.00. The Labute approximate surface area is 103 Å². The summed E-state index contributed by atoms with van der Waals surface area (Å²) in [6.45, 7) is 0. The molecule has 1 aliphatic rings. The molecule has 2 N–H and O–H groups in total. The number of nitrogen functional groups attached to an aromatic ring is 1. The van der Waals surface area contributed by atoms with Gasteiger partial charge in [0.25, 0.3) is 0 Å². The Kier molecular flexibility index (Phi) is 3.50. The van der Waals surface area contributed by atoms with Gasteiger partial charge in [0.2, 0.25) is 0 Å². The van der Waals surface area contributed by atoms with Crippen LogP contribution in [0.2, 0.25) is 0 Å². The third kappa shape index (κ3) is 2.28. The highest BCUT2D eigenvalue weighted by molar-refractivity contribution is 14.1. The standard InChI is InChI=1S/C10H16IN3O/c1-15-8-4-2-3-7(5-8)14-10(12)9(11)6-13-14/h6-8H,2-5,12H2,1H3. The predicted molar refractivity (Wildman–Crippen MR) is 67.7 cm³/mol. The number of nitrogens with zero attached hydrogens (tertiary/aromatic N) is 2. The molecular weight excluding hydrogens is 305 g/mol. The van der Waals surface area contributed by atoms with Crippen molar-refractivity contribution in [2.75, 3.05) is 12.8 Å². The molecule has 1 heterocycles. The first-order chi connectivity index (χ1) is 7.22. The van der Waals surface area contributed by atoms with Gasteiger partial charge in [-0.05, 0) is 48.3 Å². The Morgan fingerprint density at radius 1 is 1.60 bits per heavy atom. The zero-order chi connectivity index (χ0) is 10.8.